The van der Waals surface area contributed by atoms with E-state index in [1.807, 2.05) is 24.4 Å². The van der Waals surface area contributed by atoms with Gasteiger partial charge in [0.2, 0.25) is 0 Å². The third-order valence-corrected chi connectivity index (χ3v) is 2.80. The van der Waals surface area contributed by atoms with Crippen molar-refractivity contribution in [3.8, 4) is 0 Å². The largest absolute Gasteiger partial charge is 0.289 e. The molecular weight excluding hydrogens is 184 g/mol. The summed E-state index contributed by atoms with van der Waals surface area (Å²) in [6.07, 6.45) is 4.22. The minimum absolute atomic E-state index is 0.974. The maximum atomic E-state index is 4.49. The van der Waals surface area contributed by atoms with E-state index in [1.165, 1.54) is 23.1 Å². The molecule has 2 heterocycles. The summed E-state index contributed by atoms with van der Waals surface area (Å²) in [4.78, 5) is 8.93. The van der Waals surface area contributed by atoms with Gasteiger partial charge in [-0.25, -0.2) is 0 Å². The van der Waals surface area contributed by atoms with Crippen LogP contribution < -0.4 is 0 Å². The summed E-state index contributed by atoms with van der Waals surface area (Å²) in [6.45, 7) is 0.974. The van der Waals surface area contributed by atoms with Crippen molar-refractivity contribution < 1.29 is 0 Å². The Hall–Kier alpha value is -1.70. The number of hydrogen-bond donors (Lipinski definition) is 0. The first-order valence-corrected chi connectivity index (χ1v) is 5.32. The second-order valence-electron chi connectivity index (χ2n) is 3.85. The molecule has 74 valence electrons. The summed E-state index contributed by atoms with van der Waals surface area (Å²) < 4.78 is 0. The van der Waals surface area contributed by atoms with Gasteiger partial charge in [-0.2, -0.15) is 0 Å². The van der Waals surface area contributed by atoms with Crippen molar-refractivity contribution in [2.45, 2.75) is 12.8 Å². The Kier molecular flexibility index (Phi) is 1.98. The molecule has 1 aromatic heterocycles. The van der Waals surface area contributed by atoms with E-state index in [9.17, 15) is 0 Å². The Morgan fingerprint density at radius 1 is 1.13 bits per heavy atom. The molecule has 1 aromatic carbocycles. The third kappa shape index (κ3) is 1.52. The summed E-state index contributed by atoms with van der Waals surface area (Å²) in [6, 6.07) is 10.4. The van der Waals surface area contributed by atoms with Crippen molar-refractivity contribution >= 4 is 16.6 Å². The van der Waals surface area contributed by atoms with E-state index < -0.39 is 0 Å². The number of benzene rings is 1. The van der Waals surface area contributed by atoms with Crippen molar-refractivity contribution in [2.24, 2.45) is 4.99 Å². The molecule has 0 saturated heterocycles. The van der Waals surface area contributed by atoms with Crippen molar-refractivity contribution in [1.82, 2.24) is 4.98 Å². The number of para-hydroxylation sites is 1. The van der Waals surface area contributed by atoms with Crippen LogP contribution in [0.15, 0.2) is 41.5 Å². The van der Waals surface area contributed by atoms with E-state index in [-0.39, 0.29) is 0 Å². The molecule has 0 N–H and O–H groups in total. The molecule has 0 aliphatic carbocycles. The van der Waals surface area contributed by atoms with Gasteiger partial charge in [0.05, 0.1) is 5.52 Å². The van der Waals surface area contributed by atoms with Gasteiger partial charge in [-0.3, -0.25) is 9.98 Å². The van der Waals surface area contributed by atoms with Crippen LogP contribution in [0.3, 0.4) is 0 Å². The van der Waals surface area contributed by atoms with Gasteiger partial charge in [0.1, 0.15) is 0 Å². The van der Waals surface area contributed by atoms with Gasteiger partial charge in [-0.05, 0) is 25.0 Å². The number of rotatable bonds is 1. The van der Waals surface area contributed by atoms with E-state index in [2.05, 4.69) is 22.1 Å². The lowest BCUT2D eigenvalue weighted by molar-refractivity contribution is 0.951. The normalized spacial score (nSPS) is 15.6. The van der Waals surface area contributed by atoms with Crippen LogP contribution in [-0.2, 0) is 0 Å². The van der Waals surface area contributed by atoms with E-state index >= 15 is 0 Å². The Balaban J connectivity index is 2.13. The van der Waals surface area contributed by atoms with Crippen LogP contribution in [0.25, 0.3) is 10.9 Å². The van der Waals surface area contributed by atoms with Crippen LogP contribution in [0.2, 0.25) is 0 Å². The topological polar surface area (TPSA) is 25.2 Å². The van der Waals surface area contributed by atoms with Crippen LogP contribution in [0.5, 0.6) is 0 Å². The van der Waals surface area contributed by atoms with Crippen LogP contribution in [0, 0.1) is 0 Å². The van der Waals surface area contributed by atoms with Crippen molar-refractivity contribution in [2.75, 3.05) is 6.54 Å². The Bertz CT molecular complexity index is 529. The summed E-state index contributed by atoms with van der Waals surface area (Å²) in [7, 11) is 0. The zero-order valence-corrected chi connectivity index (χ0v) is 8.48. The van der Waals surface area contributed by atoms with E-state index in [0.29, 0.717) is 0 Å². The van der Waals surface area contributed by atoms with Crippen LogP contribution >= 0.6 is 0 Å². The van der Waals surface area contributed by atoms with Crippen molar-refractivity contribution in [1.29, 1.82) is 0 Å². The summed E-state index contributed by atoms with van der Waals surface area (Å²) in [5.41, 5.74) is 3.46. The van der Waals surface area contributed by atoms with Gasteiger partial charge in [-0.15, -0.1) is 0 Å². The highest BCUT2D eigenvalue weighted by Gasteiger charge is 2.09. The Labute approximate surface area is 88.7 Å². The molecule has 1 aliphatic rings. The second-order valence-corrected chi connectivity index (χ2v) is 3.85. The monoisotopic (exact) mass is 196 g/mol. The van der Waals surface area contributed by atoms with Crippen LogP contribution in [0.4, 0.5) is 0 Å². The number of nitrogens with zero attached hydrogens (tertiary/aromatic N) is 2. The first-order chi connectivity index (χ1) is 7.43. The number of pyridine rings is 1. The average molecular weight is 196 g/mol. The van der Waals surface area contributed by atoms with Crippen LogP contribution in [-0.4, -0.2) is 17.2 Å². The highest BCUT2D eigenvalue weighted by molar-refractivity contribution is 6.03. The van der Waals surface area contributed by atoms with Gasteiger partial charge in [0, 0.05) is 29.4 Å². The van der Waals surface area contributed by atoms with Gasteiger partial charge in [0.15, 0.2) is 0 Å². The fourth-order valence-corrected chi connectivity index (χ4v) is 2.00. The average Bonchev–Trinajstić information content (AvgIpc) is 2.82. The number of hydrogen-bond acceptors (Lipinski definition) is 2. The van der Waals surface area contributed by atoms with E-state index in [1.54, 1.807) is 0 Å². The molecule has 3 rings (SSSR count). The molecule has 0 spiro atoms. The predicted molar refractivity (Wildman–Crippen MR) is 62.4 cm³/mol. The molecule has 0 fully saturated rings. The molecular formula is C13H12N2. The second kappa shape index (κ2) is 3.46. The molecule has 15 heavy (non-hydrogen) atoms. The summed E-state index contributed by atoms with van der Waals surface area (Å²) in [5, 5.41) is 1.20. The lowest BCUT2D eigenvalue weighted by Crippen LogP contribution is -1.96. The van der Waals surface area contributed by atoms with Crippen molar-refractivity contribution in [3.05, 3.63) is 42.1 Å². The first kappa shape index (κ1) is 8.60. The molecule has 0 unspecified atom stereocenters. The fraction of sp³-hybridized carbons (Fsp3) is 0.231. The van der Waals surface area contributed by atoms with Crippen molar-refractivity contribution in [3.63, 3.8) is 0 Å². The molecule has 1 aliphatic heterocycles. The highest BCUT2D eigenvalue weighted by Crippen LogP contribution is 2.17. The van der Waals surface area contributed by atoms with Gasteiger partial charge in [0.25, 0.3) is 0 Å². The fourth-order valence-electron chi connectivity index (χ4n) is 2.00. The standard InChI is InChI=1S/C13H12N2/c1-2-5-12-10(4-1)8-11(9-15-12)13-6-3-7-14-13/h1-2,4-5,8-9H,3,6-7H2. The lowest BCUT2D eigenvalue weighted by Gasteiger charge is -2.02. The molecule has 0 bridgehead atoms. The first-order valence-electron chi connectivity index (χ1n) is 5.32. The Morgan fingerprint density at radius 2 is 2.07 bits per heavy atom. The molecule has 2 heteroatoms. The number of aromatic nitrogens is 1. The molecule has 0 saturated carbocycles. The summed E-state index contributed by atoms with van der Waals surface area (Å²) in [5.74, 6) is 0. The summed E-state index contributed by atoms with van der Waals surface area (Å²) >= 11 is 0. The molecule has 0 radical (unpaired) electrons. The molecule has 0 amide bonds. The van der Waals surface area contributed by atoms with Gasteiger partial charge < -0.3 is 0 Å². The maximum Gasteiger partial charge on any atom is 0.0702 e. The number of aliphatic imine (C=N–C) groups is 1. The lowest BCUT2D eigenvalue weighted by atomic mass is 10.1. The van der Waals surface area contributed by atoms with Gasteiger partial charge >= 0.3 is 0 Å². The Morgan fingerprint density at radius 3 is 2.93 bits per heavy atom. The van der Waals surface area contributed by atoms with Gasteiger partial charge in [-0.1, -0.05) is 18.2 Å². The molecule has 2 nitrogen and oxygen atoms in total. The SMILES string of the molecule is c1ccc2ncc(C3=NCCC3)cc2c1. The predicted octanol–water partition coefficient (Wildman–Crippen LogP) is 2.82. The zero-order chi connectivity index (χ0) is 10.1. The molecule has 2 aromatic rings. The third-order valence-electron chi connectivity index (χ3n) is 2.80. The molecule has 0 atom stereocenters. The highest BCUT2D eigenvalue weighted by atomic mass is 14.8. The quantitative estimate of drug-likeness (QED) is 0.688. The smallest absolute Gasteiger partial charge is 0.0702 e. The zero-order valence-electron chi connectivity index (χ0n) is 8.48. The minimum atomic E-state index is 0.974. The minimum Gasteiger partial charge on any atom is -0.289 e. The van der Waals surface area contributed by atoms with E-state index in [4.69, 9.17) is 0 Å². The van der Waals surface area contributed by atoms with Crippen LogP contribution in [0.1, 0.15) is 18.4 Å². The number of fused-ring (bicyclic) bond motifs is 1. The maximum absolute atomic E-state index is 4.49. The van der Waals surface area contributed by atoms with E-state index in [0.717, 1.165) is 18.5 Å².